The van der Waals surface area contributed by atoms with Gasteiger partial charge in [0.15, 0.2) is 0 Å². The Morgan fingerprint density at radius 1 is 1.22 bits per heavy atom. The van der Waals surface area contributed by atoms with Crippen molar-refractivity contribution in [2.24, 2.45) is 0 Å². The van der Waals surface area contributed by atoms with E-state index in [2.05, 4.69) is 22.4 Å². The number of aryl methyl sites for hydroxylation is 1. The Hall–Kier alpha value is -2.37. The quantitative estimate of drug-likeness (QED) is 0.666. The Labute approximate surface area is 167 Å². The van der Waals surface area contributed by atoms with Crippen molar-refractivity contribution in [3.63, 3.8) is 0 Å². The first-order valence-electron chi connectivity index (χ1n) is 8.94. The van der Waals surface area contributed by atoms with E-state index in [0.717, 1.165) is 34.9 Å². The van der Waals surface area contributed by atoms with Gasteiger partial charge in [0.05, 0.1) is 5.69 Å². The zero-order chi connectivity index (χ0) is 18.8. The van der Waals surface area contributed by atoms with Crippen LogP contribution in [0.5, 0.6) is 0 Å². The average molecular weight is 398 g/mol. The molecule has 0 saturated carbocycles. The van der Waals surface area contributed by atoms with E-state index in [-0.39, 0.29) is 11.9 Å². The number of nitrogens with zero attached hydrogens (tertiary/aromatic N) is 2. The second-order valence-electron chi connectivity index (χ2n) is 6.69. The van der Waals surface area contributed by atoms with Crippen LogP contribution in [0.2, 0.25) is 5.02 Å². The summed E-state index contributed by atoms with van der Waals surface area (Å²) in [4.78, 5) is 20.3. The van der Waals surface area contributed by atoms with Crippen molar-refractivity contribution in [1.82, 2.24) is 9.88 Å². The third-order valence-corrected chi connectivity index (χ3v) is 6.11. The van der Waals surface area contributed by atoms with Gasteiger partial charge in [-0.05, 0) is 37.6 Å². The summed E-state index contributed by atoms with van der Waals surface area (Å²) in [5.41, 5.74) is 2.81. The van der Waals surface area contributed by atoms with Crippen LogP contribution in [-0.4, -0.2) is 34.9 Å². The number of carbonyl (C=O) groups is 1. The summed E-state index contributed by atoms with van der Waals surface area (Å²) in [5, 5.41) is 5.01. The van der Waals surface area contributed by atoms with Crippen LogP contribution in [0.15, 0.2) is 54.6 Å². The molecule has 0 bridgehead atoms. The van der Waals surface area contributed by atoms with E-state index >= 15 is 0 Å². The van der Waals surface area contributed by atoms with Crippen LogP contribution < -0.4 is 5.32 Å². The molecule has 4 nitrogen and oxygen atoms in total. The van der Waals surface area contributed by atoms with Crippen LogP contribution in [-0.2, 0) is 0 Å². The van der Waals surface area contributed by atoms with Gasteiger partial charge in [0.25, 0.3) is 5.91 Å². The normalized spacial score (nSPS) is 16.5. The number of anilines is 1. The minimum atomic E-state index is 0.0654. The Morgan fingerprint density at radius 3 is 2.81 bits per heavy atom. The lowest BCUT2D eigenvalue weighted by atomic mass is 10.2. The molecule has 1 aromatic heterocycles. The molecule has 1 amide bonds. The third-order valence-electron chi connectivity index (χ3n) is 4.68. The summed E-state index contributed by atoms with van der Waals surface area (Å²) < 4.78 is 0. The maximum atomic E-state index is 13.0. The first-order chi connectivity index (χ1) is 13.1. The molecule has 2 aromatic carbocycles. The molecule has 0 spiro atoms. The molecule has 27 heavy (non-hydrogen) atoms. The lowest BCUT2D eigenvalue weighted by Crippen LogP contribution is -2.31. The Kier molecular flexibility index (Phi) is 5.14. The van der Waals surface area contributed by atoms with Gasteiger partial charge in [-0.1, -0.05) is 41.9 Å². The number of hydrogen-bond donors (Lipinski definition) is 1. The van der Waals surface area contributed by atoms with Crippen LogP contribution >= 0.6 is 22.9 Å². The topological polar surface area (TPSA) is 45.2 Å². The predicted molar refractivity (Wildman–Crippen MR) is 112 cm³/mol. The average Bonchev–Trinajstić information content (AvgIpc) is 3.29. The summed E-state index contributed by atoms with van der Waals surface area (Å²) in [6.45, 7) is 3.36. The van der Waals surface area contributed by atoms with Gasteiger partial charge in [0, 0.05) is 35.4 Å². The van der Waals surface area contributed by atoms with Crippen LogP contribution in [0.3, 0.4) is 0 Å². The van der Waals surface area contributed by atoms with Crippen molar-refractivity contribution in [3.8, 4) is 10.6 Å². The number of likely N-dealkylation sites (tertiary alicyclic amines) is 1. The van der Waals surface area contributed by atoms with E-state index in [1.807, 2.05) is 54.3 Å². The van der Waals surface area contributed by atoms with E-state index < -0.39 is 0 Å². The SMILES string of the molecule is Cc1nc(-c2cccc(Cl)c2)sc1C(=O)N1CCC(Nc2ccccc2)C1. The fourth-order valence-electron chi connectivity index (χ4n) is 3.32. The number of nitrogens with one attached hydrogen (secondary N) is 1. The summed E-state index contributed by atoms with van der Waals surface area (Å²) >= 11 is 7.52. The highest BCUT2D eigenvalue weighted by molar-refractivity contribution is 7.17. The number of para-hydroxylation sites is 1. The Morgan fingerprint density at radius 2 is 2.04 bits per heavy atom. The standard InChI is InChI=1S/C21H20ClN3OS/c1-14-19(27-20(23-14)15-6-5-7-16(22)12-15)21(26)25-11-10-18(13-25)24-17-8-3-2-4-9-17/h2-9,12,18,24H,10-11,13H2,1H3. The van der Waals surface area contributed by atoms with Crippen molar-refractivity contribution < 1.29 is 4.79 Å². The molecular weight excluding hydrogens is 378 g/mol. The van der Waals surface area contributed by atoms with E-state index in [0.29, 0.717) is 16.4 Å². The maximum absolute atomic E-state index is 13.0. The van der Waals surface area contributed by atoms with Gasteiger partial charge in [-0.25, -0.2) is 4.98 Å². The first kappa shape index (κ1) is 18.0. The summed E-state index contributed by atoms with van der Waals surface area (Å²) in [6.07, 6.45) is 0.944. The number of aromatic nitrogens is 1. The fraction of sp³-hybridized carbons (Fsp3) is 0.238. The smallest absolute Gasteiger partial charge is 0.265 e. The molecule has 1 fully saturated rings. The number of halogens is 1. The van der Waals surface area contributed by atoms with Crippen LogP contribution in [0.4, 0.5) is 5.69 Å². The van der Waals surface area contributed by atoms with E-state index in [1.54, 1.807) is 0 Å². The minimum absolute atomic E-state index is 0.0654. The van der Waals surface area contributed by atoms with Gasteiger partial charge in [-0.15, -0.1) is 11.3 Å². The van der Waals surface area contributed by atoms with E-state index in [1.165, 1.54) is 11.3 Å². The van der Waals surface area contributed by atoms with Crippen LogP contribution in [0, 0.1) is 6.92 Å². The third kappa shape index (κ3) is 3.99. The molecular formula is C21H20ClN3OS. The number of rotatable bonds is 4. The van der Waals surface area contributed by atoms with Gasteiger partial charge in [-0.2, -0.15) is 0 Å². The lowest BCUT2D eigenvalue weighted by Gasteiger charge is -2.17. The molecule has 2 heterocycles. The van der Waals surface area contributed by atoms with Gasteiger partial charge in [0.2, 0.25) is 0 Å². The van der Waals surface area contributed by atoms with Gasteiger partial charge in [-0.3, -0.25) is 4.79 Å². The molecule has 3 aromatic rings. The number of amides is 1. The molecule has 1 saturated heterocycles. The lowest BCUT2D eigenvalue weighted by molar-refractivity contribution is 0.0795. The second-order valence-corrected chi connectivity index (χ2v) is 8.13. The molecule has 1 unspecified atom stereocenters. The molecule has 138 valence electrons. The minimum Gasteiger partial charge on any atom is -0.380 e. The van der Waals surface area contributed by atoms with Crippen LogP contribution in [0.1, 0.15) is 21.8 Å². The molecule has 6 heteroatoms. The molecule has 4 rings (SSSR count). The highest BCUT2D eigenvalue weighted by Gasteiger charge is 2.29. The van der Waals surface area contributed by atoms with Crippen molar-refractivity contribution in [2.45, 2.75) is 19.4 Å². The highest BCUT2D eigenvalue weighted by atomic mass is 35.5. The fourth-order valence-corrected chi connectivity index (χ4v) is 4.54. The summed E-state index contributed by atoms with van der Waals surface area (Å²) in [7, 11) is 0. The van der Waals surface area contributed by atoms with Crippen molar-refractivity contribution in [2.75, 3.05) is 18.4 Å². The zero-order valence-electron chi connectivity index (χ0n) is 15.0. The zero-order valence-corrected chi connectivity index (χ0v) is 16.6. The largest absolute Gasteiger partial charge is 0.380 e. The van der Waals surface area contributed by atoms with E-state index in [4.69, 9.17) is 11.6 Å². The van der Waals surface area contributed by atoms with Gasteiger partial charge < -0.3 is 10.2 Å². The predicted octanol–water partition coefficient (Wildman–Crippen LogP) is 5.10. The number of thiazole rings is 1. The van der Waals surface area contributed by atoms with Gasteiger partial charge >= 0.3 is 0 Å². The Balaban J connectivity index is 1.47. The Bertz CT molecular complexity index is 957. The number of carbonyl (C=O) groups excluding carboxylic acids is 1. The van der Waals surface area contributed by atoms with Crippen molar-refractivity contribution in [3.05, 3.63) is 70.2 Å². The number of hydrogen-bond acceptors (Lipinski definition) is 4. The van der Waals surface area contributed by atoms with Crippen LogP contribution in [0.25, 0.3) is 10.6 Å². The summed E-state index contributed by atoms with van der Waals surface area (Å²) in [5.74, 6) is 0.0654. The first-order valence-corrected chi connectivity index (χ1v) is 10.1. The molecule has 1 aliphatic heterocycles. The maximum Gasteiger partial charge on any atom is 0.265 e. The summed E-state index contributed by atoms with van der Waals surface area (Å²) in [6, 6.07) is 18.0. The number of benzene rings is 2. The molecule has 1 atom stereocenters. The van der Waals surface area contributed by atoms with E-state index in [9.17, 15) is 4.79 Å². The van der Waals surface area contributed by atoms with Crippen molar-refractivity contribution >= 4 is 34.5 Å². The highest BCUT2D eigenvalue weighted by Crippen LogP contribution is 2.31. The van der Waals surface area contributed by atoms with Gasteiger partial charge in [0.1, 0.15) is 9.88 Å². The molecule has 1 N–H and O–H groups in total. The monoisotopic (exact) mass is 397 g/mol. The molecule has 1 aliphatic rings. The van der Waals surface area contributed by atoms with Crippen molar-refractivity contribution in [1.29, 1.82) is 0 Å². The molecule has 0 radical (unpaired) electrons. The molecule has 0 aliphatic carbocycles. The second kappa shape index (κ2) is 7.71.